The van der Waals surface area contributed by atoms with Crippen molar-refractivity contribution in [3.63, 3.8) is 0 Å². The van der Waals surface area contributed by atoms with Gasteiger partial charge in [0.05, 0.1) is 13.2 Å². The number of hydrogen-bond acceptors (Lipinski definition) is 6. The molecule has 0 spiro atoms. The van der Waals surface area contributed by atoms with E-state index in [9.17, 15) is 20.4 Å². The molecular formula is C23H27ClO6. The molecule has 1 heterocycles. The molecule has 1 aliphatic carbocycles. The summed E-state index contributed by atoms with van der Waals surface area (Å²) in [4.78, 5) is 0. The fourth-order valence-electron chi connectivity index (χ4n) is 4.34. The second-order valence-corrected chi connectivity index (χ2v) is 8.44. The van der Waals surface area contributed by atoms with Gasteiger partial charge in [0.25, 0.3) is 0 Å². The van der Waals surface area contributed by atoms with Gasteiger partial charge in [-0.15, -0.1) is 0 Å². The van der Waals surface area contributed by atoms with Crippen molar-refractivity contribution in [2.24, 2.45) is 0 Å². The van der Waals surface area contributed by atoms with Gasteiger partial charge < -0.3 is 29.9 Å². The summed E-state index contributed by atoms with van der Waals surface area (Å²) in [6.07, 6.45) is -4.07. The first-order valence-electron chi connectivity index (χ1n) is 10.2. The van der Waals surface area contributed by atoms with E-state index in [0.717, 1.165) is 29.7 Å². The summed E-state index contributed by atoms with van der Waals surface area (Å²) in [7, 11) is 0. The minimum absolute atomic E-state index is 0.216. The normalized spacial score (nSPS) is 30.1. The van der Waals surface area contributed by atoms with Crippen molar-refractivity contribution < 1.29 is 29.9 Å². The smallest absolute Gasteiger partial charge is 0.119 e. The lowest BCUT2D eigenvalue weighted by Crippen LogP contribution is -2.55. The zero-order chi connectivity index (χ0) is 21.5. The number of halogens is 1. The van der Waals surface area contributed by atoms with Crippen LogP contribution in [0.25, 0.3) is 0 Å². The first-order valence-corrected chi connectivity index (χ1v) is 10.6. The third kappa shape index (κ3) is 3.73. The Balaban J connectivity index is 1.67. The highest BCUT2D eigenvalue weighted by Gasteiger charge is 2.48. The Bertz CT molecular complexity index is 880. The van der Waals surface area contributed by atoms with E-state index in [0.29, 0.717) is 17.2 Å². The molecule has 162 valence electrons. The molecule has 2 aromatic rings. The summed E-state index contributed by atoms with van der Waals surface area (Å²) in [6.45, 7) is 2.09. The van der Waals surface area contributed by atoms with Crippen LogP contribution in [0.3, 0.4) is 0 Å². The lowest BCUT2D eigenvalue weighted by molar-refractivity contribution is -0.231. The second kappa shape index (κ2) is 8.46. The first kappa shape index (κ1) is 21.6. The van der Waals surface area contributed by atoms with E-state index in [1.165, 1.54) is 0 Å². The lowest BCUT2D eigenvalue weighted by Gasteiger charge is -2.40. The standard InChI is InChI=1S/C23H27ClO6/c1-2-29-15-6-4-14(5-7-15)23(9-10-23)16-11-13(3-8-17(16)24)22-21(28)20(27)19(26)18(12-25)30-22/h3-8,11,18-22,25-28H,2,9-10,12H2,1H3. The Morgan fingerprint density at radius 1 is 1.03 bits per heavy atom. The SMILES string of the molecule is CCOc1ccc(C2(c3cc(C4OC(CO)C(O)C(O)C4O)ccc3Cl)CC2)cc1. The number of ether oxygens (including phenoxy) is 2. The summed E-state index contributed by atoms with van der Waals surface area (Å²) in [6, 6.07) is 13.4. The Morgan fingerprint density at radius 3 is 2.33 bits per heavy atom. The number of aliphatic hydroxyl groups is 4. The molecule has 2 aromatic carbocycles. The molecule has 4 rings (SSSR count). The van der Waals surface area contributed by atoms with Crippen molar-refractivity contribution >= 4 is 11.6 Å². The average Bonchev–Trinajstić information content (AvgIpc) is 3.55. The van der Waals surface area contributed by atoms with E-state index < -0.39 is 37.1 Å². The van der Waals surface area contributed by atoms with Crippen LogP contribution in [0, 0.1) is 0 Å². The van der Waals surface area contributed by atoms with Gasteiger partial charge in [-0.2, -0.15) is 0 Å². The summed E-state index contributed by atoms with van der Waals surface area (Å²) in [5, 5.41) is 40.8. The minimum Gasteiger partial charge on any atom is -0.494 e. The van der Waals surface area contributed by atoms with Gasteiger partial charge in [-0.25, -0.2) is 0 Å². The average molecular weight is 435 g/mol. The van der Waals surface area contributed by atoms with E-state index in [2.05, 4.69) is 12.1 Å². The maximum Gasteiger partial charge on any atom is 0.119 e. The van der Waals surface area contributed by atoms with Crippen molar-refractivity contribution in [2.75, 3.05) is 13.2 Å². The number of rotatable bonds is 6. The van der Waals surface area contributed by atoms with E-state index in [4.69, 9.17) is 21.1 Å². The Hall–Kier alpha value is -1.67. The van der Waals surface area contributed by atoms with Crippen LogP contribution in [0.4, 0.5) is 0 Å². The fraction of sp³-hybridized carbons (Fsp3) is 0.478. The minimum atomic E-state index is -1.42. The Kier molecular flexibility index (Phi) is 6.08. The van der Waals surface area contributed by atoms with E-state index >= 15 is 0 Å². The van der Waals surface area contributed by atoms with Crippen LogP contribution in [0.2, 0.25) is 5.02 Å². The van der Waals surface area contributed by atoms with Crippen LogP contribution in [-0.4, -0.2) is 58.1 Å². The third-order valence-corrected chi connectivity index (χ3v) is 6.52. The van der Waals surface area contributed by atoms with Crippen LogP contribution in [0.5, 0.6) is 5.75 Å². The lowest BCUT2D eigenvalue weighted by atomic mass is 9.85. The van der Waals surface area contributed by atoms with Crippen LogP contribution in [0.1, 0.15) is 42.6 Å². The number of benzene rings is 2. The predicted molar refractivity (Wildman–Crippen MR) is 112 cm³/mol. The van der Waals surface area contributed by atoms with E-state index in [1.54, 1.807) is 12.1 Å². The molecule has 0 radical (unpaired) electrons. The molecule has 5 unspecified atom stereocenters. The van der Waals surface area contributed by atoms with Gasteiger partial charge in [0.2, 0.25) is 0 Å². The van der Waals surface area contributed by atoms with E-state index in [-0.39, 0.29) is 5.41 Å². The molecule has 1 aliphatic heterocycles. The van der Waals surface area contributed by atoms with Crippen LogP contribution in [-0.2, 0) is 10.2 Å². The monoisotopic (exact) mass is 434 g/mol. The molecule has 1 saturated heterocycles. The molecule has 0 bridgehead atoms. The molecule has 5 atom stereocenters. The van der Waals surface area contributed by atoms with Gasteiger partial charge in [0, 0.05) is 10.4 Å². The molecule has 2 aliphatic rings. The Labute approximate surface area is 180 Å². The molecule has 0 aromatic heterocycles. The highest BCUT2D eigenvalue weighted by molar-refractivity contribution is 6.31. The third-order valence-electron chi connectivity index (χ3n) is 6.19. The number of hydrogen-bond donors (Lipinski definition) is 4. The van der Waals surface area contributed by atoms with E-state index in [1.807, 2.05) is 25.1 Å². The highest BCUT2D eigenvalue weighted by Crippen LogP contribution is 2.56. The first-order chi connectivity index (χ1) is 14.4. The summed E-state index contributed by atoms with van der Waals surface area (Å²) in [5.41, 5.74) is 2.50. The summed E-state index contributed by atoms with van der Waals surface area (Å²) >= 11 is 6.58. The van der Waals surface area contributed by atoms with Gasteiger partial charge >= 0.3 is 0 Å². The second-order valence-electron chi connectivity index (χ2n) is 8.03. The van der Waals surface area contributed by atoms with Crippen molar-refractivity contribution in [3.05, 3.63) is 64.2 Å². The topological polar surface area (TPSA) is 99.4 Å². The summed E-state index contributed by atoms with van der Waals surface area (Å²) < 4.78 is 11.3. The molecule has 7 heteroatoms. The number of aliphatic hydroxyl groups excluding tert-OH is 4. The molecule has 4 N–H and O–H groups in total. The molecule has 30 heavy (non-hydrogen) atoms. The van der Waals surface area contributed by atoms with Crippen LogP contribution < -0.4 is 4.74 Å². The van der Waals surface area contributed by atoms with Crippen LogP contribution >= 0.6 is 11.6 Å². The van der Waals surface area contributed by atoms with Crippen LogP contribution in [0.15, 0.2) is 42.5 Å². The zero-order valence-corrected chi connectivity index (χ0v) is 17.5. The van der Waals surface area contributed by atoms with Crippen molar-refractivity contribution in [1.82, 2.24) is 0 Å². The fourth-order valence-corrected chi connectivity index (χ4v) is 4.64. The molecule has 2 fully saturated rings. The maximum absolute atomic E-state index is 10.5. The van der Waals surface area contributed by atoms with Crippen molar-refractivity contribution in [1.29, 1.82) is 0 Å². The predicted octanol–water partition coefficient (Wildman–Crippen LogP) is 2.33. The zero-order valence-electron chi connectivity index (χ0n) is 16.7. The molecule has 1 saturated carbocycles. The van der Waals surface area contributed by atoms with Gasteiger partial charge in [-0.3, -0.25) is 0 Å². The maximum atomic E-state index is 10.5. The summed E-state index contributed by atoms with van der Waals surface area (Å²) in [5.74, 6) is 0.818. The molecular weight excluding hydrogens is 408 g/mol. The highest BCUT2D eigenvalue weighted by atomic mass is 35.5. The Morgan fingerprint density at radius 2 is 1.73 bits per heavy atom. The molecule has 6 nitrogen and oxygen atoms in total. The molecule has 0 amide bonds. The largest absolute Gasteiger partial charge is 0.494 e. The van der Waals surface area contributed by atoms with Crippen molar-refractivity contribution in [2.45, 2.75) is 55.7 Å². The van der Waals surface area contributed by atoms with Gasteiger partial charge in [0.15, 0.2) is 0 Å². The van der Waals surface area contributed by atoms with Crippen molar-refractivity contribution in [3.8, 4) is 5.75 Å². The van der Waals surface area contributed by atoms with Gasteiger partial charge in [0.1, 0.15) is 36.3 Å². The van der Waals surface area contributed by atoms with Gasteiger partial charge in [-0.1, -0.05) is 35.9 Å². The van der Waals surface area contributed by atoms with Gasteiger partial charge in [-0.05, 0) is 54.7 Å². The quantitative estimate of drug-likeness (QED) is 0.557.